The van der Waals surface area contributed by atoms with Crippen molar-refractivity contribution in [1.29, 1.82) is 0 Å². The summed E-state index contributed by atoms with van der Waals surface area (Å²) in [6.45, 7) is 1.30. The smallest absolute Gasteiger partial charge is 0.270 e. The zero-order chi connectivity index (χ0) is 15.1. The summed E-state index contributed by atoms with van der Waals surface area (Å²) < 4.78 is 0.731. The second-order valence-corrected chi connectivity index (χ2v) is 6.98. The lowest BCUT2D eigenvalue weighted by Gasteiger charge is -2.15. The van der Waals surface area contributed by atoms with E-state index in [2.05, 4.69) is 23.2 Å². The molecule has 0 saturated carbocycles. The molecule has 1 N–H and O–H groups in total. The number of aromatic nitrogens is 1. The molecule has 1 aliphatic rings. The SMILES string of the molecule is O=C(c1cc2cc(Cl)sc2[nH]1)N1CC=C(c2ccccc2)C1. The van der Waals surface area contributed by atoms with Gasteiger partial charge in [-0.1, -0.05) is 48.0 Å². The molecule has 2 aromatic heterocycles. The van der Waals surface area contributed by atoms with Crippen LogP contribution in [-0.4, -0.2) is 28.9 Å². The van der Waals surface area contributed by atoms with Crippen molar-refractivity contribution in [3.8, 4) is 0 Å². The number of thiophene rings is 1. The van der Waals surface area contributed by atoms with Crippen LogP contribution in [-0.2, 0) is 0 Å². The highest BCUT2D eigenvalue weighted by Gasteiger charge is 2.23. The van der Waals surface area contributed by atoms with Gasteiger partial charge in [-0.2, -0.15) is 0 Å². The van der Waals surface area contributed by atoms with Crippen molar-refractivity contribution < 1.29 is 4.79 Å². The summed E-state index contributed by atoms with van der Waals surface area (Å²) in [6, 6.07) is 13.9. The summed E-state index contributed by atoms with van der Waals surface area (Å²) in [5, 5.41) is 0.994. The van der Waals surface area contributed by atoms with E-state index in [1.54, 1.807) is 0 Å². The van der Waals surface area contributed by atoms with Crippen molar-refractivity contribution in [2.24, 2.45) is 0 Å². The minimum atomic E-state index is 0.0294. The highest BCUT2D eigenvalue weighted by molar-refractivity contribution is 7.22. The third-order valence-electron chi connectivity index (χ3n) is 3.86. The first-order chi connectivity index (χ1) is 10.7. The average Bonchev–Trinajstić information content (AvgIpc) is 3.21. The van der Waals surface area contributed by atoms with Crippen LogP contribution in [0.4, 0.5) is 0 Å². The maximum atomic E-state index is 12.6. The molecule has 0 bridgehead atoms. The van der Waals surface area contributed by atoms with Gasteiger partial charge >= 0.3 is 0 Å². The van der Waals surface area contributed by atoms with Crippen molar-refractivity contribution in [3.63, 3.8) is 0 Å². The summed E-state index contributed by atoms with van der Waals surface area (Å²) in [7, 11) is 0. The van der Waals surface area contributed by atoms with Crippen molar-refractivity contribution in [2.45, 2.75) is 0 Å². The fraction of sp³-hybridized carbons (Fsp3) is 0.118. The number of fused-ring (bicyclic) bond motifs is 1. The largest absolute Gasteiger partial charge is 0.342 e. The van der Waals surface area contributed by atoms with E-state index < -0.39 is 0 Å². The summed E-state index contributed by atoms with van der Waals surface area (Å²) >= 11 is 7.42. The second kappa shape index (κ2) is 5.30. The van der Waals surface area contributed by atoms with E-state index in [1.165, 1.54) is 22.5 Å². The molecule has 1 aliphatic heterocycles. The number of rotatable bonds is 2. The molecule has 0 fully saturated rings. The number of aromatic amines is 1. The molecule has 4 rings (SSSR count). The maximum absolute atomic E-state index is 12.6. The van der Waals surface area contributed by atoms with E-state index in [4.69, 9.17) is 11.6 Å². The normalized spacial score (nSPS) is 14.6. The Morgan fingerprint density at radius 3 is 2.82 bits per heavy atom. The molecule has 0 spiro atoms. The predicted molar refractivity (Wildman–Crippen MR) is 91.5 cm³/mol. The van der Waals surface area contributed by atoms with Crippen LogP contribution in [0, 0.1) is 0 Å². The summed E-state index contributed by atoms with van der Waals surface area (Å²) in [5.41, 5.74) is 3.00. The first-order valence-electron chi connectivity index (χ1n) is 7.02. The zero-order valence-corrected chi connectivity index (χ0v) is 13.2. The molecule has 0 radical (unpaired) electrons. The topological polar surface area (TPSA) is 36.1 Å². The fourth-order valence-corrected chi connectivity index (χ4v) is 3.88. The third-order valence-corrected chi connectivity index (χ3v) is 5.06. The van der Waals surface area contributed by atoms with Gasteiger partial charge in [0.2, 0.25) is 0 Å². The molecular weight excluding hydrogens is 316 g/mol. The Hall–Kier alpha value is -2.04. The Balaban J connectivity index is 1.53. The molecule has 3 aromatic rings. The standard InChI is InChI=1S/C17H13ClN2OS/c18-15-9-13-8-14(19-16(13)22-15)17(21)20-7-6-12(10-20)11-4-2-1-3-5-11/h1-6,8-9,19H,7,10H2. The number of halogens is 1. The molecule has 110 valence electrons. The number of hydrogen-bond donors (Lipinski definition) is 1. The van der Waals surface area contributed by atoms with E-state index in [9.17, 15) is 4.79 Å². The highest BCUT2D eigenvalue weighted by atomic mass is 35.5. The minimum absolute atomic E-state index is 0.0294. The monoisotopic (exact) mass is 328 g/mol. The minimum Gasteiger partial charge on any atom is -0.342 e. The summed E-state index contributed by atoms with van der Waals surface area (Å²) in [5.74, 6) is 0.0294. The van der Waals surface area contributed by atoms with Crippen LogP contribution in [0.2, 0.25) is 4.34 Å². The Bertz CT molecular complexity index is 847. The number of carbonyl (C=O) groups is 1. The molecular formula is C17H13ClN2OS. The molecule has 5 heteroatoms. The Kier molecular flexibility index (Phi) is 3.28. The van der Waals surface area contributed by atoms with Crippen LogP contribution >= 0.6 is 22.9 Å². The molecule has 1 aromatic carbocycles. The quantitative estimate of drug-likeness (QED) is 0.742. The summed E-state index contributed by atoms with van der Waals surface area (Å²) in [6.07, 6.45) is 2.12. The van der Waals surface area contributed by atoms with E-state index in [0.717, 1.165) is 14.6 Å². The lowest BCUT2D eigenvalue weighted by atomic mass is 10.1. The van der Waals surface area contributed by atoms with Gasteiger partial charge in [0.25, 0.3) is 5.91 Å². The van der Waals surface area contributed by atoms with Gasteiger partial charge in [0.1, 0.15) is 10.5 Å². The van der Waals surface area contributed by atoms with Gasteiger partial charge in [0, 0.05) is 18.5 Å². The third kappa shape index (κ3) is 2.34. The maximum Gasteiger partial charge on any atom is 0.270 e. The van der Waals surface area contributed by atoms with E-state index in [-0.39, 0.29) is 5.91 Å². The van der Waals surface area contributed by atoms with E-state index in [1.807, 2.05) is 35.2 Å². The molecule has 22 heavy (non-hydrogen) atoms. The van der Waals surface area contributed by atoms with Crippen LogP contribution in [0.1, 0.15) is 16.1 Å². The van der Waals surface area contributed by atoms with E-state index >= 15 is 0 Å². The van der Waals surface area contributed by atoms with Crippen molar-refractivity contribution in [2.75, 3.05) is 13.1 Å². The van der Waals surface area contributed by atoms with Gasteiger partial charge in [-0.15, -0.1) is 11.3 Å². The number of hydrogen-bond acceptors (Lipinski definition) is 2. The molecule has 3 heterocycles. The lowest BCUT2D eigenvalue weighted by molar-refractivity contribution is 0.0797. The number of nitrogens with one attached hydrogen (secondary N) is 1. The number of nitrogens with zero attached hydrogens (tertiary/aromatic N) is 1. The lowest BCUT2D eigenvalue weighted by Crippen LogP contribution is -2.29. The fourth-order valence-electron chi connectivity index (χ4n) is 2.75. The first kappa shape index (κ1) is 13.6. The second-order valence-electron chi connectivity index (χ2n) is 5.30. The Morgan fingerprint density at radius 1 is 1.23 bits per heavy atom. The van der Waals surface area contributed by atoms with Gasteiger partial charge in [-0.05, 0) is 23.3 Å². The molecule has 0 atom stereocenters. The van der Waals surface area contributed by atoms with Crippen LogP contribution in [0.5, 0.6) is 0 Å². The highest BCUT2D eigenvalue weighted by Crippen LogP contribution is 2.30. The first-order valence-corrected chi connectivity index (χ1v) is 8.22. The average molecular weight is 329 g/mol. The number of benzene rings is 1. The van der Waals surface area contributed by atoms with Gasteiger partial charge in [0.15, 0.2) is 0 Å². The van der Waals surface area contributed by atoms with Gasteiger partial charge in [0.05, 0.1) is 4.34 Å². The predicted octanol–water partition coefficient (Wildman–Crippen LogP) is 4.42. The Labute approximate surface area is 136 Å². The molecule has 0 unspecified atom stereocenters. The zero-order valence-electron chi connectivity index (χ0n) is 11.7. The number of carbonyl (C=O) groups excluding carboxylic acids is 1. The van der Waals surface area contributed by atoms with Gasteiger partial charge in [-0.25, -0.2) is 0 Å². The van der Waals surface area contributed by atoms with Crippen molar-refractivity contribution in [1.82, 2.24) is 9.88 Å². The molecule has 0 aliphatic carbocycles. The Morgan fingerprint density at radius 2 is 2.05 bits per heavy atom. The van der Waals surface area contributed by atoms with Crippen LogP contribution in [0.15, 0.2) is 48.5 Å². The summed E-state index contributed by atoms with van der Waals surface area (Å²) in [4.78, 5) is 18.6. The number of H-pyrrole nitrogens is 1. The van der Waals surface area contributed by atoms with Gasteiger partial charge in [-0.3, -0.25) is 4.79 Å². The number of amides is 1. The van der Waals surface area contributed by atoms with Crippen LogP contribution in [0.3, 0.4) is 0 Å². The molecule has 1 amide bonds. The molecule has 0 saturated heterocycles. The molecule has 3 nitrogen and oxygen atoms in total. The van der Waals surface area contributed by atoms with Crippen LogP contribution in [0.25, 0.3) is 15.8 Å². The van der Waals surface area contributed by atoms with Crippen LogP contribution < -0.4 is 0 Å². The van der Waals surface area contributed by atoms with Crippen molar-refractivity contribution >= 4 is 44.6 Å². The van der Waals surface area contributed by atoms with Gasteiger partial charge < -0.3 is 9.88 Å². The van der Waals surface area contributed by atoms with Crippen molar-refractivity contribution in [3.05, 3.63) is 64.1 Å². The van der Waals surface area contributed by atoms with E-state index in [0.29, 0.717) is 18.8 Å².